The molecule has 1 fully saturated rings. The molecule has 0 saturated heterocycles. The Morgan fingerprint density at radius 1 is 1.30 bits per heavy atom. The first-order chi connectivity index (χ1) is 9.45. The van der Waals surface area contributed by atoms with Crippen molar-refractivity contribution in [2.45, 2.75) is 61.5 Å². The molecule has 1 aliphatic rings. The largest absolute Gasteiger partial charge is 0.481 e. The Morgan fingerprint density at radius 3 is 2.45 bits per heavy atom. The van der Waals surface area contributed by atoms with Gasteiger partial charge in [0.2, 0.25) is 0 Å². The lowest BCUT2D eigenvalue weighted by Crippen LogP contribution is -2.37. The van der Waals surface area contributed by atoms with Crippen LogP contribution in [0.3, 0.4) is 0 Å². The number of halogens is 1. The van der Waals surface area contributed by atoms with Gasteiger partial charge in [-0.2, -0.15) is 0 Å². The molecule has 0 amide bonds. The maximum Gasteiger partial charge on any atom is 0.314 e. The summed E-state index contributed by atoms with van der Waals surface area (Å²) in [5.74, 6) is -0.711. The Labute approximate surface area is 129 Å². The van der Waals surface area contributed by atoms with Crippen molar-refractivity contribution in [3.05, 3.63) is 28.8 Å². The first kappa shape index (κ1) is 15.7. The van der Waals surface area contributed by atoms with Crippen molar-refractivity contribution in [3.8, 4) is 0 Å². The van der Waals surface area contributed by atoms with Crippen molar-refractivity contribution in [3.63, 3.8) is 0 Å². The van der Waals surface area contributed by atoms with Gasteiger partial charge in [0.25, 0.3) is 0 Å². The highest BCUT2D eigenvalue weighted by Gasteiger charge is 2.41. The first-order valence-corrected chi connectivity index (χ1v) is 8.41. The van der Waals surface area contributed by atoms with Gasteiger partial charge in [0, 0.05) is 10.1 Å². The van der Waals surface area contributed by atoms with Gasteiger partial charge in [-0.15, -0.1) is 11.8 Å². The van der Waals surface area contributed by atoms with Crippen LogP contribution >= 0.6 is 23.4 Å². The third-order valence-electron chi connectivity index (χ3n) is 3.96. The molecule has 0 aromatic heterocycles. The van der Waals surface area contributed by atoms with Crippen LogP contribution in [0.2, 0.25) is 5.02 Å². The molecule has 1 aromatic rings. The summed E-state index contributed by atoms with van der Waals surface area (Å²) in [5, 5.41) is 10.8. The third kappa shape index (κ3) is 3.15. The topological polar surface area (TPSA) is 37.3 Å². The average molecular weight is 313 g/mol. The average Bonchev–Trinajstić information content (AvgIpc) is 2.41. The van der Waals surface area contributed by atoms with Crippen molar-refractivity contribution >= 4 is 29.3 Å². The number of carboxylic acid groups (broad SMARTS) is 1. The van der Waals surface area contributed by atoms with Gasteiger partial charge in [0.1, 0.15) is 0 Å². The molecule has 20 heavy (non-hydrogen) atoms. The zero-order valence-corrected chi connectivity index (χ0v) is 13.6. The highest BCUT2D eigenvalue weighted by atomic mass is 35.5. The summed E-state index contributed by atoms with van der Waals surface area (Å²) < 4.78 is 0. The molecule has 0 unspecified atom stereocenters. The lowest BCUT2D eigenvalue weighted by molar-refractivity contribution is -0.145. The standard InChI is InChI=1S/C16H21ClO2S/c1-11(2)20-14-7-6-12(10-13(14)17)16(15(18)19)8-4-3-5-9-16/h6-7,10-11H,3-5,8-9H2,1-2H3,(H,18,19). The van der Waals surface area contributed by atoms with Crippen molar-refractivity contribution in [2.75, 3.05) is 0 Å². The molecule has 0 radical (unpaired) electrons. The van der Waals surface area contributed by atoms with Crippen LogP contribution in [0.1, 0.15) is 51.5 Å². The van der Waals surface area contributed by atoms with Gasteiger partial charge in [0.15, 0.2) is 0 Å². The Kier molecular flexibility index (Phi) is 5.03. The van der Waals surface area contributed by atoms with Crippen molar-refractivity contribution in [1.82, 2.24) is 0 Å². The number of aliphatic carboxylic acids is 1. The minimum Gasteiger partial charge on any atom is -0.481 e. The third-order valence-corrected chi connectivity index (χ3v) is 5.47. The quantitative estimate of drug-likeness (QED) is 0.783. The number of carboxylic acids is 1. The molecule has 0 bridgehead atoms. The predicted octanol–water partition coefficient (Wildman–Crippen LogP) is 5.13. The van der Waals surface area contributed by atoms with Gasteiger partial charge in [-0.05, 0) is 30.5 Å². The molecular weight excluding hydrogens is 292 g/mol. The van der Waals surface area contributed by atoms with E-state index in [1.807, 2.05) is 18.2 Å². The van der Waals surface area contributed by atoms with E-state index in [1.54, 1.807) is 11.8 Å². The van der Waals surface area contributed by atoms with Gasteiger partial charge in [-0.1, -0.05) is 50.8 Å². The number of carbonyl (C=O) groups is 1. The molecule has 0 aliphatic heterocycles. The molecular formula is C16H21ClO2S. The van der Waals surface area contributed by atoms with Gasteiger partial charge in [-0.25, -0.2) is 0 Å². The monoisotopic (exact) mass is 312 g/mol. The van der Waals surface area contributed by atoms with Crippen LogP contribution in [0.25, 0.3) is 0 Å². The molecule has 4 heteroatoms. The van der Waals surface area contributed by atoms with Gasteiger partial charge >= 0.3 is 5.97 Å². The van der Waals surface area contributed by atoms with Crippen molar-refractivity contribution in [1.29, 1.82) is 0 Å². The second kappa shape index (κ2) is 6.40. The van der Waals surface area contributed by atoms with E-state index >= 15 is 0 Å². The van der Waals surface area contributed by atoms with E-state index in [1.165, 1.54) is 0 Å². The lowest BCUT2D eigenvalue weighted by atomic mass is 9.69. The number of hydrogen-bond donors (Lipinski definition) is 1. The van der Waals surface area contributed by atoms with E-state index < -0.39 is 11.4 Å². The second-order valence-electron chi connectivity index (χ2n) is 5.76. The summed E-state index contributed by atoms with van der Waals surface area (Å²) >= 11 is 8.05. The maximum absolute atomic E-state index is 11.8. The van der Waals surface area contributed by atoms with Crippen LogP contribution in [0.15, 0.2) is 23.1 Å². The molecule has 0 spiro atoms. The zero-order valence-electron chi connectivity index (χ0n) is 12.0. The maximum atomic E-state index is 11.8. The van der Waals surface area contributed by atoms with E-state index in [-0.39, 0.29) is 0 Å². The summed E-state index contributed by atoms with van der Waals surface area (Å²) in [5.41, 5.74) is 0.130. The van der Waals surface area contributed by atoms with Gasteiger partial charge in [0.05, 0.1) is 10.4 Å². The molecule has 2 rings (SSSR count). The normalized spacial score (nSPS) is 18.2. The lowest BCUT2D eigenvalue weighted by Gasteiger charge is -2.34. The fourth-order valence-electron chi connectivity index (χ4n) is 2.93. The summed E-state index contributed by atoms with van der Waals surface area (Å²) in [6.45, 7) is 4.24. The van der Waals surface area contributed by atoms with Crippen molar-refractivity contribution < 1.29 is 9.90 Å². The molecule has 1 N–H and O–H groups in total. The van der Waals surface area contributed by atoms with Crippen LogP contribution in [-0.2, 0) is 10.2 Å². The van der Waals surface area contributed by atoms with E-state index in [2.05, 4.69) is 13.8 Å². The summed E-state index contributed by atoms with van der Waals surface area (Å²) in [6, 6.07) is 5.80. The highest BCUT2D eigenvalue weighted by molar-refractivity contribution is 8.00. The SMILES string of the molecule is CC(C)Sc1ccc(C2(C(=O)O)CCCCC2)cc1Cl. The number of hydrogen-bond acceptors (Lipinski definition) is 2. The minimum absolute atomic E-state index is 0.460. The molecule has 2 nitrogen and oxygen atoms in total. The Hall–Kier alpha value is -0.670. The second-order valence-corrected chi connectivity index (χ2v) is 7.79. The molecule has 0 heterocycles. The van der Waals surface area contributed by atoms with Crippen LogP contribution in [0.5, 0.6) is 0 Å². The summed E-state index contributed by atoms with van der Waals surface area (Å²) in [7, 11) is 0. The number of benzene rings is 1. The van der Waals surface area contributed by atoms with Crippen LogP contribution < -0.4 is 0 Å². The molecule has 0 atom stereocenters. The fraction of sp³-hybridized carbons (Fsp3) is 0.562. The van der Waals surface area contributed by atoms with Gasteiger partial charge < -0.3 is 5.11 Å². The van der Waals surface area contributed by atoms with E-state index in [0.717, 1.165) is 42.6 Å². The number of rotatable bonds is 4. The Bertz CT molecular complexity index is 493. The molecule has 1 aliphatic carbocycles. The Balaban J connectivity index is 2.35. The van der Waals surface area contributed by atoms with E-state index in [4.69, 9.17) is 11.6 Å². The summed E-state index contributed by atoms with van der Waals surface area (Å²) in [4.78, 5) is 12.8. The van der Waals surface area contributed by atoms with Gasteiger partial charge in [-0.3, -0.25) is 4.79 Å². The summed E-state index contributed by atoms with van der Waals surface area (Å²) in [6.07, 6.45) is 4.52. The number of thioether (sulfide) groups is 1. The smallest absolute Gasteiger partial charge is 0.314 e. The van der Waals surface area contributed by atoms with Crippen LogP contribution in [-0.4, -0.2) is 16.3 Å². The van der Waals surface area contributed by atoms with E-state index in [9.17, 15) is 9.90 Å². The van der Waals surface area contributed by atoms with Crippen molar-refractivity contribution in [2.24, 2.45) is 0 Å². The highest BCUT2D eigenvalue weighted by Crippen LogP contribution is 2.42. The Morgan fingerprint density at radius 2 is 1.95 bits per heavy atom. The van der Waals surface area contributed by atoms with Crippen LogP contribution in [0, 0.1) is 0 Å². The zero-order chi connectivity index (χ0) is 14.8. The predicted molar refractivity (Wildman–Crippen MR) is 84.8 cm³/mol. The fourth-order valence-corrected chi connectivity index (χ4v) is 4.07. The van der Waals surface area contributed by atoms with Crippen LogP contribution in [0.4, 0.5) is 0 Å². The molecule has 1 aromatic carbocycles. The first-order valence-electron chi connectivity index (χ1n) is 7.16. The minimum atomic E-state index is -0.733. The molecule has 1 saturated carbocycles. The molecule has 110 valence electrons. The van der Waals surface area contributed by atoms with E-state index in [0.29, 0.717) is 10.3 Å².